The van der Waals surface area contributed by atoms with Crippen LogP contribution in [0.4, 0.5) is 4.79 Å². The number of aryl methyl sites for hydroxylation is 1. The molecule has 0 radical (unpaired) electrons. The van der Waals surface area contributed by atoms with E-state index in [-0.39, 0.29) is 5.84 Å². The number of nitrogens with one attached hydrogen (secondary N) is 1. The molecule has 94 valence electrons. The van der Waals surface area contributed by atoms with Gasteiger partial charge in [-0.05, 0) is 27.7 Å². The Morgan fingerprint density at radius 2 is 2.24 bits per heavy atom. The molecule has 0 aliphatic heterocycles. The Kier molecular flexibility index (Phi) is 3.72. The standard InChI is InChI=1S/C10H16N4O3/c1-6-5-7(13-16-6)8(11)14-17-9(15)12-10(2,3)4/h5H,1-4H3,(H2,11,14)(H,12,15). The predicted octanol–water partition coefficient (Wildman–Crippen LogP) is 1.13. The lowest BCUT2D eigenvalue weighted by molar-refractivity contribution is 0.141. The molecule has 0 spiro atoms. The summed E-state index contributed by atoms with van der Waals surface area (Å²) in [6.07, 6.45) is -0.680. The molecule has 1 amide bonds. The van der Waals surface area contributed by atoms with Crippen molar-refractivity contribution >= 4 is 11.9 Å². The number of oxime groups is 1. The number of hydrogen-bond acceptors (Lipinski definition) is 5. The van der Waals surface area contributed by atoms with Gasteiger partial charge in [0.25, 0.3) is 0 Å². The van der Waals surface area contributed by atoms with Gasteiger partial charge in [-0.25, -0.2) is 4.79 Å². The molecule has 0 aliphatic rings. The van der Waals surface area contributed by atoms with E-state index in [2.05, 4.69) is 20.5 Å². The number of amides is 1. The topological polar surface area (TPSA) is 103 Å². The number of carbonyl (C=O) groups excluding carboxylic acids is 1. The first-order valence-electron chi connectivity index (χ1n) is 5.04. The molecule has 0 saturated heterocycles. The van der Waals surface area contributed by atoms with E-state index >= 15 is 0 Å². The Bertz CT molecular complexity index is 431. The molecule has 0 aromatic carbocycles. The van der Waals surface area contributed by atoms with Crippen molar-refractivity contribution in [2.45, 2.75) is 33.2 Å². The first-order valence-corrected chi connectivity index (χ1v) is 5.04. The first-order chi connectivity index (χ1) is 7.78. The van der Waals surface area contributed by atoms with Crippen LogP contribution in [0.5, 0.6) is 0 Å². The summed E-state index contributed by atoms with van der Waals surface area (Å²) in [5, 5.41) is 9.64. The maximum absolute atomic E-state index is 11.3. The average Bonchev–Trinajstić information content (AvgIpc) is 2.58. The van der Waals surface area contributed by atoms with Gasteiger partial charge in [-0.3, -0.25) is 4.84 Å². The van der Waals surface area contributed by atoms with Crippen LogP contribution in [0.1, 0.15) is 32.2 Å². The van der Waals surface area contributed by atoms with E-state index in [1.54, 1.807) is 13.0 Å². The van der Waals surface area contributed by atoms with E-state index in [0.717, 1.165) is 0 Å². The van der Waals surface area contributed by atoms with Gasteiger partial charge in [-0.2, -0.15) is 0 Å². The van der Waals surface area contributed by atoms with Crippen LogP contribution in [0.3, 0.4) is 0 Å². The highest BCUT2D eigenvalue weighted by atomic mass is 16.7. The molecule has 7 nitrogen and oxygen atoms in total. The minimum Gasteiger partial charge on any atom is -0.379 e. The van der Waals surface area contributed by atoms with Crippen molar-refractivity contribution in [1.82, 2.24) is 10.5 Å². The maximum Gasteiger partial charge on any atom is 0.433 e. The van der Waals surface area contributed by atoms with E-state index in [1.807, 2.05) is 20.8 Å². The molecule has 0 unspecified atom stereocenters. The van der Waals surface area contributed by atoms with Crippen molar-refractivity contribution in [3.63, 3.8) is 0 Å². The lowest BCUT2D eigenvalue weighted by atomic mass is 10.1. The maximum atomic E-state index is 11.3. The largest absolute Gasteiger partial charge is 0.433 e. The Morgan fingerprint density at radius 1 is 1.59 bits per heavy atom. The van der Waals surface area contributed by atoms with Gasteiger partial charge in [-0.1, -0.05) is 10.3 Å². The number of carbonyl (C=O) groups is 1. The summed E-state index contributed by atoms with van der Waals surface area (Å²) in [6.45, 7) is 7.18. The molecule has 1 rings (SSSR count). The van der Waals surface area contributed by atoms with E-state index < -0.39 is 11.6 Å². The summed E-state index contributed by atoms with van der Waals surface area (Å²) in [6, 6.07) is 1.59. The lowest BCUT2D eigenvalue weighted by Gasteiger charge is -2.18. The van der Waals surface area contributed by atoms with Gasteiger partial charge in [0.2, 0.25) is 0 Å². The summed E-state index contributed by atoms with van der Waals surface area (Å²) in [5.74, 6) is 0.572. The zero-order chi connectivity index (χ0) is 13.1. The third-order valence-electron chi connectivity index (χ3n) is 1.59. The molecule has 0 bridgehead atoms. The monoisotopic (exact) mass is 240 g/mol. The lowest BCUT2D eigenvalue weighted by Crippen LogP contribution is -2.40. The minimum absolute atomic E-state index is 0.0223. The van der Waals surface area contributed by atoms with Gasteiger partial charge < -0.3 is 15.6 Å². The summed E-state index contributed by atoms with van der Waals surface area (Å²) >= 11 is 0. The molecule has 1 aromatic heterocycles. The van der Waals surface area contributed by atoms with Gasteiger partial charge in [0.05, 0.1) is 0 Å². The Balaban J connectivity index is 2.57. The van der Waals surface area contributed by atoms with E-state index in [1.165, 1.54) is 0 Å². The number of amidine groups is 1. The van der Waals surface area contributed by atoms with Gasteiger partial charge >= 0.3 is 6.09 Å². The van der Waals surface area contributed by atoms with Gasteiger partial charge in [0.1, 0.15) is 5.76 Å². The highest BCUT2D eigenvalue weighted by molar-refractivity contribution is 5.95. The average molecular weight is 240 g/mol. The molecule has 17 heavy (non-hydrogen) atoms. The third-order valence-corrected chi connectivity index (χ3v) is 1.59. The molecule has 0 saturated carbocycles. The third kappa shape index (κ3) is 4.54. The van der Waals surface area contributed by atoms with Crippen LogP contribution in [-0.4, -0.2) is 22.6 Å². The fourth-order valence-corrected chi connectivity index (χ4v) is 0.954. The fraction of sp³-hybridized carbons (Fsp3) is 0.500. The molecule has 0 aliphatic carbocycles. The Labute approximate surface area is 99.0 Å². The predicted molar refractivity (Wildman–Crippen MR) is 61.3 cm³/mol. The SMILES string of the molecule is Cc1cc(/C(N)=N/OC(=O)NC(C)(C)C)no1. The molecule has 7 heteroatoms. The van der Waals surface area contributed by atoms with Crippen LogP contribution < -0.4 is 11.1 Å². The van der Waals surface area contributed by atoms with Gasteiger partial charge in [0, 0.05) is 11.6 Å². The van der Waals surface area contributed by atoms with Crippen LogP contribution in [-0.2, 0) is 4.84 Å². The number of rotatable bonds is 2. The van der Waals surface area contributed by atoms with Crippen molar-refractivity contribution in [1.29, 1.82) is 0 Å². The number of nitrogens with zero attached hydrogens (tertiary/aromatic N) is 2. The quantitative estimate of drug-likeness (QED) is 0.349. The van der Waals surface area contributed by atoms with Crippen LogP contribution in [0.15, 0.2) is 15.7 Å². The second-order valence-electron chi connectivity index (χ2n) is 4.55. The second-order valence-corrected chi connectivity index (χ2v) is 4.55. The van der Waals surface area contributed by atoms with Crippen LogP contribution in [0, 0.1) is 6.92 Å². The molecular weight excluding hydrogens is 224 g/mol. The van der Waals surface area contributed by atoms with Crippen molar-refractivity contribution in [2.24, 2.45) is 10.9 Å². The van der Waals surface area contributed by atoms with Crippen molar-refractivity contribution in [2.75, 3.05) is 0 Å². The first kappa shape index (κ1) is 13.0. The highest BCUT2D eigenvalue weighted by Gasteiger charge is 2.15. The highest BCUT2D eigenvalue weighted by Crippen LogP contribution is 2.02. The number of hydrogen-bond donors (Lipinski definition) is 2. The summed E-state index contributed by atoms with van der Waals surface area (Å²) < 4.78 is 4.81. The van der Waals surface area contributed by atoms with Crippen molar-refractivity contribution in [3.05, 3.63) is 17.5 Å². The minimum atomic E-state index is -0.680. The molecular formula is C10H16N4O3. The van der Waals surface area contributed by atoms with Gasteiger partial charge in [0.15, 0.2) is 11.5 Å². The second kappa shape index (κ2) is 4.86. The van der Waals surface area contributed by atoms with E-state index in [4.69, 9.17) is 10.3 Å². The summed E-state index contributed by atoms with van der Waals surface area (Å²) in [4.78, 5) is 15.8. The molecule has 3 N–H and O–H groups in total. The Hall–Kier alpha value is -2.05. The van der Waals surface area contributed by atoms with E-state index in [9.17, 15) is 4.79 Å². The van der Waals surface area contributed by atoms with Crippen LogP contribution in [0.25, 0.3) is 0 Å². The fourth-order valence-electron chi connectivity index (χ4n) is 0.954. The molecule has 0 atom stereocenters. The number of aromatic nitrogens is 1. The number of nitrogens with two attached hydrogens (primary N) is 1. The zero-order valence-electron chi connectivity index (χ0n) is 10.3. The van der Waals surface area contributed by atoms with Crippen molar-refractivity contribution in [3.8, 4) is 0 Å². The van der Waals surface area contributed by atoms with Crippen LogP contribution in [0.2, 0.25) is 0 Å². The zero-order valence-corrected chi connectivity index (χ0v) is 10.3. The van der Waals surface area contributed by atoms with Gasteiger partial charge in [-0.15, -0.1) is 0 Å². The Morgan fingerprint density at radius 3 is 2.71 bits per heavy atom. The smallest absolute Gasteiger partial charge is 0.379 e. The van der Waals surface area contributed by atoms with E-state index in [0.29, 0.717) is 11.5 Å². The molecule has 1 heterocycles. The van der Waals surface area contributed by atoms with Crippen LogP contribution >= 0.6 is 0 Å². The molecule has 0 fully saturated rings. The normalized spacial score (nSPS) is 12.4. The van der Waals surface area contributed by atoms with Crippen molar-refractivity contribution < 1.29 is 14.2 Å². The summed E-state index contributed by atoms with van der Waals surface area (Å²) in [5.41, 5.74) is 5.47. The molecule has 1 aromatic rings. The summed E-state index contributed by atoms with van der Waals surface area (Å²) in [7, 11) is 0.